The molecule has 3 rings (SSSR count). The van der Waals surface area contributed by atoms with Crippen molar-refractivity contribution in [2.45, 2.75) is 38.3 Å². The highest BCUT2D eigenvalue weighted by molar-refractivity contribution is 6.32. The average molecular weight is 290 g/mol. The maximum absolute atomic E-state index is 12.5. The van der Waals surface area contributed by atoms with Gasteiger partial charge in [-0.05, 0) is 31.4 Å². The molecular formula is C16H16ClNO2. The highest BCUT2D eigenvalue weighted by Gasteiger charge is 2.37. The molecule has 1 heterocycles. The summed E-state index contributed by atoms with van der Waals surface area (Å²) in [5.74, 6) is 0.0261. The summed E-state index contributed by atoms with van der Waals surface area (Å²) in [6.45, 7) is 4.35. The molecule has 1 amide bonds. The van der Waals surface area contributed by atoms with Crippen molar-refractivity contribution in [2.75, 3.05) is 0 Å². The molecule has 4 heteroatoms. The zero-order valence-corrected chi connectivity index (χ0v) is 11.9. The highest BCUT2D eigenvalue weighted by atomic mass is 35.5. The minimum atomic E-state index is -0.329. The molecular weight excluding hydrogens is 274 g/mol. The van der Waals surface area contributed by atoms with Crippen LogP contribution in [0.5, 0.6) is 0 Å². The number of Topliss-reactive ketones (excluding diaryl/α,β-unsaturated/α-hetero) is 1. The Labute approximate surface area is 123 Å². The molecule has 0 aromatic heterocycles. The maximum atomic E-state index is 12.5. The summed E-state index contributed by atoms with van der Waals surface area (Å²) in [5.41, 5.74) is 2.45. The van der Waals surface area contributed by atoms with E-state index in [1.54, 1.807) is 23.1 Å². The lowest BCUT2D eigenvalue weighted by molar-refractivity contribution is -0.122. The Morgan fingerprint density at radius 1 is 1.30 bits per heavy atom. The van der Waals surface area contributed by atoms with Crippen LogP contribution in [0.4, 0.5) is 0 Å². The van der Waals surface area contributed by atoms with Crippen LogP contribution >= 0.6 is 11.6 Å². The second kappa shape index (κ2) is 5.06. The maximum Gasteiger partial charge on any atom is 0.255 e. The Morgan fingerprint density at radius 3 is 2.85 bits per heavy atom. The van der Waals surface area contributed by atoms with Crippen LogP contribution in [-0.4, -0.2) is 22.6 Å². The number of hydrogen-bond acceptors (Lipinski definition) is 2. The van der Waals surface area contributed by atoms with Crippen molar-refractivity contribution in [2.24, 2.45) is 0 Å². The molecule has 1 fully saturated rings. The van der Waals surface area contributed by atoms with E-state index in [9.17, 15) is 9.59 Å². The molecule has 20 heavy (non-hydrogen) atoms. The van der Waals surface area contributed by atoms with Crippen LogP contribution in [0.25, 0.3) is 0 Å². The number of rotatable bonds is 1. The van der Waals surface area contributed by atoms with Crippen molar-refractivity contribution in [3.63, 3.8) is 0 Å². The average Bonchev–Trinajstić information content (AvgIpc) is 2.64. The summed E-state index contributed by atoms with van der Waals surface area (Å²) in [6, 6.07) is 5.02. The first kappa shape index (κ1) is 13.4. The predicted molar refractivity (Wildman–Crippen MR) is 77.7 cm³/mol. The largest absolute Gasteiger partial charge is 0.324 e. The van der Waals surface area contributed by atoms with E-state index >= 15 is 0 Å². The van der Waals surface area contributed by atoms with E-state index in [1.807, 2.05) is 0 Å². The third-order valence-electron chi connectivity index (χ3n) is 4.12. The van der Waals surface area contributed by atoms with Gasteiger partial charge in [-0.1, -0.05) is 29.8 Å². The number of fused-ring (bicyclic) bond motifs is 1. The van der Waals surface area contributed by atoms with Gasteiger partial charge in [-0.25, -0.2) is 0 Å². The van der Waals surface area contributed by atoms with Gasteiger partial charge in [0.15, 0.2) is 5.78 Å². The van der Waals surface area contributed by atoms with Gasteiger partial charge in [-0.2, -0.15) is 0 Å². The van der Waals surface area contributed by atoms with E-state index in [0.717, 1.165) is 30.4 Å². The number of amides is 1. The first-order chi connectivity index (χ1) is 9.58. The summed E-state index contributed by atoms with van der Waals surface area (Å²) in [7, 11) is 0. The number of carbonyl (C=O) groups excluding carboxylic acids is 2. The molecule has 104 valence electrons. The molecule has 0 radical (unpaired) electrons. The molecule has 0 spiro atoms. The third kappa shape index (κ3) is 2.16. The van der Waals surface area contributed by atoms with Crippen molar-refractivity contribution in [1.82, 2.24) is 4.90 Å². The van der Waals surface area contributed by atoms with Crippen LogP contribution in [0, 0.1) is 0 Å². The fourth-order valence-corrected chi connectivity index (χ4v) is 3.29. The Kier molecular flexibility index (Phi) is 3.38. The standard InChI is InChI=1S/C16H16ClNO2/c1-10-4-2-7-14(15(19)8-10)18-9-12-11(16(18)20)5-3-6-13(12)17/h3,5-6,14H,1-2,4,7-9H2/t14-/m0/s1. The number of ketones is 1. The second-order valence-corrected chi connectivity index (χ2v) is 5.91. The van der Waals surface area contributed by atoms with Gasteiger partial charge in [0.2, 0.25) is 0 Å². The van der Waals surface area contributed by atoms with Crippen molar-refractivity contribution < 1.29 is 9.59 Å². The fourth-order valence-electron chi connectivity index (χ4n) is 3.06. The Balaban J connectivity index is 1.90. The third-order valence-corrected chi connectivity index (χ3v) is 4.47. The van der Waals surface area contributed by atoms with Gasteiger partial charge < -0.3 is 4.90 Å². The Bertz CT molecular complexity index is 608. The molecule has 1 aromatic rings. The van der Waals surface area contributed by atoms with Crippen molar-refractivity contribution in [3.8, 4) is 0 Å². The summed E-state index contributed by atoms with van der Waals surface area (Å²) >= 11 is 6.15. The molecule has 1 aliphatic heterocycles. The molecule has 1 aromatic carbocycles. The number of nitrogens with zero attached hydrogens (tertiary/aromatic N) is 1. The molecule has 0 unspecified atom stereocenters. The number of allylic oxidation sites excluding steroid dienone is 1. The minimum Gasteiger partial charge on any atom is -0.324 e. The van der Waals surface area contributed by atoms with Crippen LogP contribution in [-0.2, 0) is 11.3 Å². The van der Waals surface area contributed by atoms with E-state index < -0.39 is 0 Å². The lowest BCUT2D eigenvalue weighted by Gasteiger charge is -2.25. The van der Waals surface area contributed by atoms with Crippen LogP contribution in [0.1, 0.15) is 41.6 Å². The SMILES string of the molecule is C=C1CCC[C@H](N2Cc3c(Cl)cccc3C2=O)C(=O)C1. The molecule has 1 atom stereocenters. The smallest absolute Gasteiger partial charge is 0.255 e. The minimum absolute atomic E-state index is 0.0756. The van der Waals surface area contributed by atoms with Crippen molar-refractivity contribution in [1.29, 1.82) is 0 Å². The summed E-state index contributed by atoms with van der Waals surface area (Å²) in [4.78, 5) is 26.5. The molecule has 2 aliphatic rings. The molecule has 0 bridgehead atoms. The topological polar surface area (TPSA) is 37.4 Å². The van der Waals surface area contributed by atoms with E-state index in [2.05, 4.69) is 6.58 Å². The fraction of sp³-hybridized carbons (Fsp3) is 0.375. The molecule has 1 aliphatic carbocycles. The number of halogens is 1. The molecule has 0 saturated heterocycles. The first-order valence-corrected chi connectivity index (χ1v) is 7.23. The molecule has 0 N–H and O–H groups in total. The highest BCUT2D eigenvalue weighted by Crippen LogP contribution is 2.33. The second-order valence-electron chi connectivity index (χ2n) is 5.50. The van der Waals surface area contributed by atoms with E-state index in [4.69, 9.17) is 11.6 Å². The lowest BCUT2D eigenvalue weighted by Crippen LogP contribution is -2.40. The monoisotopic (exact) mass is 289 g/mol. The van der Waals surface area contributed by atoms with E-state index in [0.29, 0.717) is 23.6 Å². The van der Waals surface area contributed by atoms with Crippen molar-refractivity contribution >= 4 is 23.3 Å². The number of hydrogen-bond donors (Lipinski definition) is 0. The van der Waals surface area contributed by atoms with Crippen LogP contribution in [0.2, 0.25) is 5.02 Å². The predicted octanol–water partition coefficient (Wildman–Crippen LogP) is 3.36. The van der Waals surface area contributed by atoms with Gasteiger partial charge in [-0.3, -0.25) is 9.59 Å². The van der Waals surface area contributed by atoms with Gasteiger partial charge in [0.25, 0.3) is 5.91 Å². The van der Waals surface area contributed by atoms with Gasteiger partial charge >= 0.3 is 0 Å². The lowest BCUT2D eigenvalue weighted by atomic mass is 10.1. The van der Waals surface area contributed by atoms with Crippen molar-refractivity contribution in [3.05, 3.63) is 46.5 Å². The first-order valence-electron chi connectivity index (χ1n) is 6.85. The molecule has 1 saturated carbocycles. The van der Waals surface area contributed by atoms with Crippen LogP contribution in [0.15, 0.2) is 30.4 Å². The molecule has 3 nitrogen and oxygen atoms in total. The summed E-state index contributed by atoms with van der Waals surface area (Å²) < 4.78 is 0. The summed E-state index contributed by atoms with van der Waals surface area (Å²) in [5, 5.41) is 0.601. The normalized spacial score (nSPS) is 22.9. The quantitative estimate of drug-likeness (QED) is 0.587. The number of carbonyl (C=O) groups is 2. The Morgan fingerprint density at radius 2 is 2.10 bits per heavy atom. The van der Waals surface area contributed by atoms with Gasteiger partial charge in [0.05, 0.1) is 6.04 Å². The van der Waals surface area contributed by atoms with E-state index in [1.165, 1.54) is 0 Å². The van der Waals surface area contributed by atoms with E-state index in [-0.39, 0.29) is 17.7 Å². The van der Waals surface area contributed by atoms with Gasteiger partial charge in [0, 0.05) is 29.1 Å². The van der Waals surface area contributed by atoms with Gasteiger partial charge in [-0.15, -0.1) is 0 Å². The zero-order chi connectivity index (χ0) is 14.3. The van der Waals surface area contributed by atoms with Crippen LogP contribution in [0.3, 0.4) is 0 Å². The zero-order valence-electron chi connectivity index (χ0n) is 11.2. The van der Waals surface area contributed by atoms with Crippen LogP contribution < -0.4 is 0 Å². The number of benzene rings is 1. The summed E-state index contributed by atoms with van der Waals surface area (Å²) in [6.07, 6.45) is 2.88. The Hall–Kier alpha value is -1.61. The van der Waals surface area contributed by atoms with Gasteiger partial charge in [0.1, 0.15) is 0 Å².